The lowest BCUT2D eigenvalue weighted by Gasteiger charge is -2.15. The van der Waals surface area contributed by atoms with Crippen molar-refractivity contribution in [3.63, 3.8) is 0 Å². The maximum absolute atomic E-state index is 12.3. The molecule has 3 aromatic rings. The van der Waals surface area contributed by atoms with Gasteiger partial charge in [-0.15, -0.1) is 11.3 Å². The van der Waals surface area contributed by atoms with Crippen molar-refractivity contribution in [1.82, 2.24) is 30.0 Å². The van der Waals surface area contributed by atoms with Gasteiger partial charge in [-0.05, 0) is 17.7 Å². The van der Waals surface area contributed by atoms with Gasteiger partial charge in [-0.2, -0.15) is 5.10 Å². The van der Waals surface area contributed by atoms with Crippen molar-refractivity contribution in [3.05, 3.63) is 47.5 Å². The SMILES string of the molecule is CN(Cc1ccncc1)C(=O)c1csc(-c2ncn[nH]2)n1. The number of thiazole rings is 1. The van der Waals surface area contributed by atoms with Crippen molar-refractivity contribution >= 4 is 17.2 Å². The van der Waals surface area contributed by atoms with Crippen molar-refractivity contribution in [2.75, 3.05) is 7.05 Å². The van der Waals surface area contributed by atoms with Gasteiger partial charge in [0.2, 0.25) is 0 Å². The van der Waals surface area contributed by atoms with Gasteiger partial charge >= 0.3 is 0 Å². The van der Waals surface area contributed by atoms with Gasteiger partial charge < -0.3 is 4.90 Å². The van der Waals surface area contributed by atoms with Crippen LogP contribution in [0.4, 0.5) is 0 Å². The van der Waals surface area contributed by atoms with Gasteiger partial charge in [0.15, 0.2) is 10.8 Å². The number of aromatic nitrogens is 5. The summed E-state index contributed by atoms with van der Waals surface area (Å²) in [5.41, 5.74) is 1.43. The first-order chi connectivity index (χ1) is 10.2. The Bertz CT molecular complexity index is 724. The Morgan fingerprint density at radius 2 is 2.19 bits per heavy atom. The van der Waals surface area contributed by atoms with Gasteiger partial charge in [0.25, 0.3) is 5.91 Å². The second kappa shape index (κ2) is 5.80. The second-order valence-corrected chi connectivity index (χ2v) is 5.25. The number of nitrogens with zero attached hydrogens (tertiary/aromatic N) is 5. The molecule has 0 aliphatic carbocycles. The molecule has 0 fully saturated rings. The van der Waals surface area contributed by atoms with Crippen molar-refractivity contribution in [3.8, 4) is 10.8 Å². The lowest BCUT2D eigenvalue weighted by molar-refractivity contribution is 0.0780. The fraction of sp³-hybridized carbons (Fsp3) is 0.154. The molecule has 3 rings (SSSR count). The predicted octanol–water partition coefficient (Wildman–Crippen LogP) is 1.60. The number of rotatable bonds is 4. The molecule has 0 aliphatic rings. The van der Waals surface area contributed by atoms with Gasteiger partial charge in [0.05, 0.1) is 0 Å². The van der Waals surface area contributed by atoms with E-state index in [0.29, 0.717) is 23.1 Å². The molecule has 0 bridgehead atoms. The van der Waals surface area contributed by atoms with Crippen LogP contribution in [0.2, 0.25) is 0 Å². The van der Waals surface area contributed by atoms with Crippen molar-refractivity contribution in [1.29, 1.82) is 0 Å². The smallest absolute Gasteiger partial charge is 0.273 e. The molecule has 21 heavy (non-hydrogen) atoms. The lowest BCUT2D eigenvalue weighted by Crippen LogP contribution is -2.26. The van der Waals surface area contributed by atoms with Crippen LogP contribution in [-0.2, 0) is 6.54 Å². The van der Waals surface area contributed by atoms with Crippen LogP contribution >= 0.6 is 11.3 Å². The molecule has 8 heteroatoms. The zero-order valence-electron chi connectivity index (χ0n) is 11.2. The standard InChI is InChI=1S/C13H12N6OS/c1-19(6-9-2-4-14-5-3-9)13(20)10-7-21-12(17-10)11-15-8-16-18-11/h2-5,7-8H,6H2,1H3,(H,15,16,18). The number of H-pyrrole nitrogens is 1. The number of amides is 1. The summed E-state index contributed by atoms with van der Waals surface area (Å²) in [7, 11) is 1.75. The topological polar surface area (TPSA) is 87.7 Å². The molecule has 0 saturated heterocycles. The molecule has 0 atom stereocenters. The quantitative estimate of drug-likeness (QED) is 0.790. The largest absolute Gasteiger partial charge is 0.336 e. The zero-order chi connectivity index (χ0) is 14.7. The number of carbonyl (C=O) groups excluding carboxylic acids is 1. The van der Waals surface area contributed by atoms with E-state index < -0.39 is 0 Å². The average molecular weight is 300 g/mol. The van der Waals surface area contributed by atoms with E-state index >= 15 is 0 Å². The number of aromatic amines is 1. The Hall–Kier alpha value is -2.61. The first-order valence-corrected chi connectivity index (χ1v) is 7.07. The third-order valence-corrected chi connectivity index (χ3v) is 3.71. The molecule has 0 aromatic carbocycles. The van der Waals surface area contributed by atoms with E-state index in [9.17, 15) is 4.79 Å². The predicted molar refractivity (Wildman–Crippen MR) is 77.5 cm³/mol. The normalized spacial score (nSPS) is 10.5. The summed E-state index contributed by atoms with van der Waals surface area (Å²) in [6.07, 6.45) is 4.82. The fourth-order valence-corrected chi connectivity index (χ4v) is 2.56. The highest BCUT2D eigenvalue weighted by Gasteiger charge is 2.17. The van der Waals surface area contributed by atoms with Gasteiger partial charge in [0.1, 0.15) is 12.0 Å². The Balaban J connectivity index is 1.73. The molecule has 106 valence electrons. The van der Waals surface area contributed by atoms with Crippen LogP contribution in [0.15, 0.2) is 36.2 Å². The summed E-state index contributed by atoms with van der Waals surface area (Å²) in [4.78, 5) is 26.2. The van der Waals surface area contributed by atoms with E-state index in [1.807, 2.05) is 12.1 Å². The molecule has 3 heterocycles. The number of nitrogens with one attached hydrogen (secondary N) is 1. The maximum atomic E-state index is 12.3. The third kappa shape index (κ3) is 2.95. The highest BCUT2D eigenvalue weighted by atomic mass is 32.1. The number of hydrogen-bond donors (Lipinski definition) is 1. The third-order valence-electron chi connectivity index (χ3n) is 2.86. The van der Waals surface area contributed by atoms with Gasteiger partial charge in [0, 0.05) is 31.4 Å². The minimum absolute atomic E-state index is 0.131. The Morgan fingerprint density at radius 3 is 2.90 bits per heavy atom. The van der Waals surface area contributed by atoms with E-state index in [4.69, 9.17) is 0 Å². The van der Waals surface area contributed by atoms with Crippen LogP contribution in [0.25, 0.3) is 10.8 Å². The second-order valence-electron chi connectivity index (χ2n) is 4.39. The van der Waals surface area contributed by atoms with E-state index in [0.717, 1.165) is 5.56 Å². The molecule has 0 spiro atoms. The summed E-state index contributed by atoms with van der Waals surface area (Å²) in [5.74, 6) is 0.435. The zero-order valence-corrected chi connectivity index (χ0v) is 12.0. The van der Waals surface area contributed by atoms with Crippen molar-refractivity contribution in [2.45, 2.75) is 6.54 Å². The monoisotopic (exact) mass is 300 g/mol. The van der Waals surface area contributed by atoms with E-state index in [1.54, 1.807) is 29.7 Å². The minimum Gasteiger partial charge on any atom is -0.336 e. The molecular weight excluding hydrogens is 288 g/mol. The average Bonchev–Trinajstić information content (AvgIpc) is 3.18. The first kappa shape index (κ1) is 13.4. The lowest BCUT2D eigenvalue weighted by atomic mass is 10.2. The first-order valence-electron chi connectivity index (χ1n) is 6.19. The van der Waals surface area contributed by atoms with E-state index in [2.05, 4.69) is 25.1 Å². The van der Waals surface area contributed by atoms with Crippen molar-refractivity contribution < 1.29 is 4.79 Å². The van der Waals surface area contributed by atoms with Crippen LogP contribution in [0, 0.1) is 0 Å². The number of pyridine rings is 1. The molecule has 0 aliphatic heterocycles. The van der Waals surface area contributed by atoms with Crippen LogP contribution in [0.5, 0.6) is 0 Å². The Kier molecular flexibility index (Phi) is 3.69. The summed E-state index contributed by atoms with van der Waals surface area (Å²) < 4.78 is 0. The van der Waals surface area contributed by atoms with Gasteiger partial charge in [-0.25, -0.2) is 9.97 Å². The van der Waals surface area contributed by atoms with Crippen LogP contribution in [0.1, 0.15) is 16.1 Å². The van der Waals surface area contributed by atoms with E-state index in [-0.39, 0.29) is 5.91 Å². The van der Waals surface area contributed by atoms with Gasteiger partial charge in [-0.3, -0.25) is 14.9 Å². The summed E-state index contributed by atoms with van der Waals surface area (Å²) >= 11 is 1.36. The summed E-state index contributed by atoms with van der Waals surface area (Å²) in [6.45, 7) is 0.510. The molecule has 1 N–H and O–H groups in total. The molecule has 7 nitrogen and oxygen atoms in total. The van der Waals surface area contributed by atoms with Crippen LogP contribution < -0.4 is 0 Å². The van der Waals surface area contributed by atoms with Crippen LogP contribution in [-0.4, -0.2) is 43.0 Å². The summed E-state index contributed by atoms with van der Waals surface area (Å²) in [6, 6.07) is 3.76. The minimum atomic E-state index is -0.131. The fourth-order valence-electron chi connectivity index (χ4n) is 1.82. The number of carbonyl (C=O) groups is 1. The molecular formula is C13H12N6OS. The number of hydrogen-bond acceptors (Lipinski definition) is 6. The van der Waals surface area contributed by atoms with E-state index in [1.165, 1.54) is 17.7 Å². The summed E-state index contributed by atoms with van der Waals surface area (Å²) in [5, 5.41) is 8.87. The van der Waals surface area contributed by atoms with Gasteiger partial charge in [-0.1, -0.05) is 0 Å². The molecule has 0 saturated carbocycles. The Labute approximate surface area is 124 Å². The van der Waals surface area contributed by atoms with Crippen molar-refractivity contribution in [2.24, 2.45) is 0 Å². The maximum Gasteiger partial charge on any atom is 0.273 e. The molecule has 3 aromatic heterocycles. The highest BCUT2D eigenvalue weighted by molar-refractivity contribution is 7.13. The molecule has 0 unspecified atom stereocenters. The highest BCUT2D eigenvalue weighted by Crippen LogP contribution is 2.20. The molecule has 1 amide bonds. The molecule has 0 radical (unpaired) electrons. The Morgan fingerprint density at radius 1 is 1.38 bits per heavy atom. The van der Waals surface area contributed by atoms with Crippen LogP contribution in [0.3, 0.4) is 0 Å².